The average Bonchev–Trinajstić information content (AvgIpc) is 2.90. The van der Waals surface area contributed by atoms with Crippen molar-refractivity contribution in [2.45, 2.75) is 43.9 Å². The number of ether oxygens (including phenoxy) is 1. The monoisotopic (exact) mass is 355 g/mol. The van der Waals surface area contributed by atoms with Crippen molar-refractivity contribution in [1.29, 1.82) is 0 Å². The molecule has 2 aliphatic heterocycles. The van der Waals surface area contributed by atoms with Crippen LogP contribution in [0.5, 0.6) is 0 Å². The zero-order chi connectivity index (χ0) is 16.1. The van der Waals surface area contributed by atoms with Gasteiger partial charge in [-0.2, -0.15) is 4.57 Å². The Bertz CT molecular complexity index is 820. The van der Waals surface area contributed by atoms with Crippen LogP contribution in [0.3, 0.4) is 0 Å². The summed E-state index contributed by atoms with van der Waals surface area (Å²) in [5.74, 6) is -0.504. The van der Waals surface area contributed by atoms with Crippen LogP contribution in [-0.4, -0.2) is 45.8 Å². The van der Waals surface area contributed by atoms with Crippen molar-refractivity contribution in [3.8, 4) is 0 Å². The molecule has 0 spiro atoms. The molecule has 1 aromatic heterocycles. The van der Waals surface area contributed by atoms with E-state index in [-0.39, 0.29) is 24.0 Å². The molecule has 0 aliphatic carbocycles. The van der Waals surface area contributed by atoms with Gasteiger partial charge in [-0.15, -0.1) is 12.4 Å². The molecular weight excluding hydrogens is 337 g/mol. The fourth-order valence-corrected chi connectivity index (χ4v) is 3.91. The number of piperidine rings is 1. The highest BCUT2D eigenvalue weighted by atomic mass is 35.5. The number of carbonyl (C=O) groups excluding carboxylic acids is 1. The Morgan fingerprint density at radius 3 is 2.62 bits per heavy atom. The highest BCUT2D eigenvalue weighted by molar-refractivity contribution is 5.86. The molecule has 1 N–H and O–H groups in total. The number of benzene rings is 1. The molecule has 0 radical (unpaired) electrons. The van der Waals surface area contributed by atoms with Crippen molar-refractivity contribution in [2.75, 3.05) is 7.05 Å². The van der Waals surface area contributed by atoms with Gasteiger partial charge in [-0.05, 0) is 32.0 Å². The summed E-state index contributed by atoms with van der Waals surface area (Å²) in [5.41, 5.74) is 0.0131. The van der Waals surface area contributed by atoms with Crippen LogP contribution in [0.1, 0.15) is 25.7 Å². The van der Waals surface area contributed by atoms with Gasteiger partial charge in [0, 0.05) is 31.0 Å². The maximum Gasteiger partial charge on any atom is 0.423 e. The summed E-state index contributed by atoms with van der Waals surface area (Å²) in [6.07, 6.45) is 2.87. The molecule has 2 aliphatic rings. The molecule has 2 aromatic rings. The predicted molar refractivity (Wildman–Crippen MR) is 89.2 cm³/mol. The van der Waals surface area contributed by atoms with Crippen molar-refractivity contribution < 1.29 is 13.9 Å². The second-order valence-electron chi connectivity index (χ2n) is 6.45. The lowest BCUT2D eigenvalue weighted by atomic mass is 10.0. The van der Waals surface area contributed by atoms with Crippen LogP contribution in [0, 0.1) is 5.82 Å². The summed E-state index contributed by atoms with van der Waals surface area (Å²) >= 11 is 0. The van der Waals surface area contributed by atoms with E-state index < -0.39 is 17.6 Å². The lowest BCUT2D eigenvalue weighted by molar-refractivity contribution is 0.0290. The van der Waals surface area contributed by atoms with Crippen LogP contribution < -0.4 is 5.69 Å². The maximum absolute atomic E-state index is 13.4. The van der Waals surface area contributed by atoms with Gasteiger partial charge in [-0.1, -0.05) is 0 Å². The van der Waals surface area contributed by atoms with E-state index in [9.17, 15) is 14.0 Å². The van der Waals surface area contributed by atoms with Gasteiger partial charge in [-0.25, -0.2) is 14.0 Å². The van der Waals surface area contributed by atoms with Crippen molar-refractivity contribution >= 4 is 29.5 Å². The number of aromatic nitrogens is 2. The number of hydrogen-bond acceptors (Lipinski definition) is 4. The van der Waals surface area contributed by atoms with E-state index >= 15 is 0 Å². The van der Waals surface area contributed by atoms with Gasteiger partial charge in [0.1, 0.15) is 11.9 Å². The van der Waals surface area contributed by atoms with E-state index in [0.29, 0.717) is 17.6 Å². The third-order valence-electron chi connectivity index (χ3n) is 5.15. The minimum atomic E-state index is -0.735. The molecule has 4 rings (SSSR count). The highest BCUT2D eigenvalue weighted by Crippen LogP contribution is 2.35. The second kappa shape index (κ2) is 6.22. The molecule has 2 atom stereocenters. The Morgan fingerprint density at radius 2 is 1.96 bits per heavy atom. The molecule has 2 saturated heterocycles. The lowest BCUT2D eigenvalue weighted by Crippen LogP contribution is -2.44. The molecule has 1 aromatic carbocycles. The number of fused-ring (bicyclic) bond motifs is 3. The van der Waals surface area contributed by atoms with Gasteiger partial charge in [0.25, 0.3) is 0 Å². The molecule has 0 saturated carbocycles. The topological polar surface area (TPSA) is 67.3 Å². The summed E-state index contributed by atoms with van der Waals surface area (Å²) in [6, 6.07) is 4.70. The first-order valence-electron chi connectivity index (χ1n) is 7.86. The Morgan fingerprint density at radius 1 is 1.29 bits per heavy atom. The molecule has 2 fully saturated rings. The molecule has 0 amide bonds. The van der Waals surface area contributed by atoms with E-state index in [4.69, 9.17) is 4.74 Å². The first-order valence-corrected chi connectivity index (χ1v) is 7.86. The lowest BCUT2D eigenvalue weighted by Gasteiger charge is -2.35. The number of carbonyl (C=O) groups is 1. The van der Waals surface area contributed by atoms with Gasteiger partial charge in [0.2, 0.25) is 0 Å². The van der Waals surface area contributed by atoms with Crippen molar-refractivity contribution in [1.82, 2.24) is 14.5 Å². The zero-order valence-corrected chi connectivity index (χ0v) is 14.0. The predicted octanol–water partition coefficient (Wildman–Crippen LogP) is 2.50. The molecule has 6 nitrogen and oxygen atoms in total. The van der Waals surface area contributed by atoms with E-state index in [1.54, 1.807) is 0 Å². The highest BCUT2D eigenvalue weighted by Gasteiger charge is 2.40. The van der Waals surface area contributed by atoms with E-state index in [1.807, 2.05) is 0 Å². The summed E-state index contributed by atoms with van der Waals surface area (Å²) in [7, 11) is 2.10. The Balaban J connectivity index is 0.00000169. The van der Waals surface area contributed by atoms with Gasteiger partial charge < -0.3 is 14.6 Å². The number of nitrogens with zero attached hydrogens (tertiary/aromatic N) is 2. The second-order valence-corrected chi connectivity index (χ2v) is 6.45. The summed E-state index contributed by atoms with van der Waals surface area (Å²) < 4.78 is 19.8. The number of imidazole rings is 1. The number of hydrogen-bond donors (Lipinski definition) is 1. The number of rotatable bonds is 1. The largest absolute Gasteiger partial charge is 0.445 e. The van der Waals surface area contributed by atoms with Gasteiger partial charge in [0.05, 0.1) is 11.0 Å². The molecule has 2 unspecified atom stereocenters. The van der Waals surface area contributed by atoms with Crippen LogP contribution in [0.15, 0.2) is 23.0 Å². The number of aromatic amines is 1. The summed E-state index contributed by atoms with van der Waals surface area (Å²) in [6.45, 7) is 0. The van der Waals surface area contributed by atoms with Crippen molar-refractivity contribution in [2.24, 2.45) is 0 Å². The van der Waals surface area contributed by atoms with E-state index in [2.05, 4.69) is 16.9 Å². The number of nitrogens with one attached hydrogen (secondary N) is 1. The fraction of sp³-hybridized carbons (Fsp3) is 0.500. The molecule has 24 heavy (non-hydrogen) atoms. The molecule has 2 bridgehead atoms. The summed E-state index contributed by atoms with van der Waals surface area (Å²) in [5, 5.41) is 0. The zero-order valence-electron chi connectivity index (χ0n) is 13.2. The molecule has 130 valence electrons. The first kappa shape index (κ1) is 17.0. The van der Waals surface area contributed by atoms with Crippen molar-refractivity contribution in [3.05, 3.63) is 34.5 Å². The van der Waals surface area contributed by atoms with Gasteiger partial charge in [-0.3, -0.25) is 0 Å². The minimum absolute atomic E-state index is 0. The first-order chi connectivity index (χ1) is 11.0. The standard InChI is InChI=1S/C16H18FN3O3.ClH/c1-19-10-3-4-11(19)8-12(7-10)23-16(22)20-14-6-9(17)2-5-13(14)18-15(20)21;/h2,5-6,10-12H,3-4,7-8H2,1H3,(H,18,21);1H. The van der Waals surface area contributed by atoms with Gasteiger partial charge >= 0.3 is 11.8 Å². The van der Waals surface area contributed by atoms with Crippen molar-refractivity contribution in [3.63, 3.8) is 0 Å². The van der Waals surface area contributed by atoms with Crippen LogP contribution in [0.25, 0.3) is 11.0 Å². The fourth-order valence-electron chi connectivity index (χ4n) is 3.91. The van der Waals surface area contributed by atoms with Crippen LogP contribution >= 0.6 is 12.4 Å². The molecule has 3 heterocycles. The molecular formula is C16H19ClFN3O3. The SMILES string of the molecule is CN1C2CCC1CC(OC(=O)n1c(=O)[nH]c3ccc(F)cc31)C2.Cl. The van der Waals surface area contributed by atoms with E-state index in [1.165, 1.54) is 12.1 Å². The van der Waals surface area contributed by atoms with Gasteiger partial charge in [0.15, 0.2) is 0 Å². The molecule has 8 heteroatoms. The third-order valence-corrected chi connectivity index (χ3v) is 5.15. The minimum Gasteiger partial charge on any atom is -0.445 e. The Kier molecular flexibility index (Phi) is 4.40. The van der Waals surface area contributed by atoms with E-state index in [0.717, 1.165) is 36.3 Å². The summed E-state index contributed by atoms with van der Waals surface area (Å²) in [4.78, 5) is 29.3. The Labute approximate surface area is 144 Å². The van der Waals surface area contributed by atoms with Crippen LogP contribution in [0.4, 0.5) is 9.18 Å². The normalized spacial score (nSPS) is 26.3. The smallest absolute Gasteiger partial charge is 0.423 e. The third kappa shape index (κ3) is 2.71. The quantitative estimate of drug-likeness (QED) is 0.853. The maximum atomic E-state index is 13.4. The number of H-pyrrole nitrogens is 1. The average molecular weight is 356 g/mol. The van der Waals surface area contributed by atoms with Crippen LogP contribution in [0.2, 0.25) is 0 Å². The Hall–Kier alpha value is -1.86. The van der Waals surface area contributed by atoms with Crippen LogP contribution in [-0.2, 0) is 4.74 Å². The number of halogens is 2.